The van der Waals surface area contributed by atoms with Crippen LogP contribution in [0.2, 0.25) is 0 Å². The molecule has 0 spiro atoms. The number of aliphatic carboxylic acids is 1. The first-order chi connectivity index (χ1) is 7.62. The van der Waals surface area contributed by atoms with Crippen molar-refractivity contribution in [1.29, 1.82) is 0 Å². The molecule has 0 unspecified atom stereocenters. The number of rotatable bonds is 3. The smallest absolute Gasteiger partial charge is 0.309 e. The first kappa shape index (κ1) is 11.0. The monoisotopic (exact) mass is 226 g/mol. The highest BCUT2D eigenvalue weighted by Crippen LogP contribution is 2.34. The molecule has 16 heavy (non-hydrogen) atoms. The molecule has 0 aromatic heterocycles. The zero-order valence-corrected chi connectivity index (χ0v) is 8.48. The minimum absolute atomic E-state index is 0.293. The zero-order valence-electron chi connectivity index (χ0n) is 8.48. The predicted molar refractivity (Wildman–Crippen MR) is 52.2 cm³/mol. The Morgan fingerprint density at radius 1 is 1.31 bits per heavy atom. The van der Waals surface area contributed by atoms with Gasteiger partial charge in [-0.2, -0.15) is 0 Å². The molecule has 0 atom stereocenters. The Bertz CT molecular complexity index is 381. The van der Waals surface area contributed by atoms with Gasteiger partial charge in [-0.3, -0.25) is 4.79 Å². The fourth-order valence-electron chi connectivity index (χ4n) is 1.73. The van der Waals surface area contributed by atoms with E-state index in [9.17, 15) is 9.18 Å². The molecule has 1 saturated heterocycles. The molecular formula is C11H11FO4. The molecule has 1 aliphatic rings. The first-order valence-corrected chi connectivity index (χ1v) is 4.88. The van der Waals surface area contributed by atoms with Gasteiger partial charge in [-0.1, -0.05) is 12.1 Å². The van der Waals surface area contributed by atoms with Crippen LogP contribution in [0.25, 0.3) is 0 Å². The molecule has 4 nitrogen and oxygen atoms in total. The molecule has 1 fully saturated rings. The molecule has 1 N–H and O–H groups in total. The van der Waals surface area contributed by atoms with E-state index in [2.05, 4.69) is 0 Å². The number of hydrogen-bond acceptors (Lipinski definition) is 3. The minimum atomic E-state index is -1.26. The van der Waals surface area contributed by atoms with Crippen molar-refractivity contribution >= 4 is 5.97 Å². The summed E-state index contributed by atoms with van der Waals surface area (Å²) >= 11 is 0. The molecule has 0 bridgehead atoms. The van der Waals surface area contributed by atoms with Gasteiger partial charge in [-0.15, -0.1) is 0 Å². The van der Waals surface area contributed by atoms with Crippen LogP contribution >= 0.6 is 0 Å². The summed E-state index contributed by atoms with van der Waals surface area (Å²) in [5, 5.41) is 8.82. The van der Waals surface area contributed by atoms with Gasteiger partial charge in [0.05, 0.1) is 13.2 Å². The van der Waals surface area contributed by atoms with Gasteiger partial charge >= 0.3 is 5.97 Å². The SMILES string of the molecule is O=C(O)CC1(c2ccc(F)cc2)OCCO1. The molecular weight excluding hydrogens is 215 g/mol. The van der Waals surface area contributed by atoms with E-state index in [0.29, 0.717) is 18.8 Å². The van der Waals surface area contributed by atoms with Crippen molar-refractivity contribution in [1.82, 2.24) is 0 Å². The second-order valence-electron chi connectivity index (χ2n) is 3.53. The van der Waals surface area contributed by atoms with Gasteiger partial charge in [0, 0.05) is 5.56 Å². The number of carboxylic acids is 1. The lowest BCUT2D eigenvalue weighted by molar-refractivity contribution is -0.185. The quantitative estimate of drug-likeness (QED) is 0.848. The summed E-state index contributed by atoms with van der Waals surface area (Å²) < 4.78 is 23.5. The van der Waals surface area contributed by atoms with Gasteiger partial charge in [0.2, 0.25) is 5.79 Å². The summed E-state index contributed by atoms with van der Waals surface area (Å²) in [4.78, 5) is 10.8. The van der Waals surface area contributed by atoms with Crippen LogP contribution in [-0.4, -0.2) is 24.3 Å². The number of carboxylic acid groups (broad SMARTS) is 1. The number of carbonyl (C=O) groups is 1. The maximum Gasteiger partial charge on any atom is 0.309 e. The Morgan fingerprint density at radius 3 is 2.38 bits per heavy atom. The van der Waals surface area contributed by atoms with Crippen molar-refractivity contribution in [3.63, 3.8) is 0 Å². The maximum absolute atomic E-state index is 12.8. The van der Waals surface area contributed by atoms with E-state index in [0.717, 1.165) is 0 Å². The van der Waals surface area contributed by atoms with Gasteiger partial charge in [0.1, 0.15) is 12.2 Å². The molecule has 0 amide bonds. The Morgan fingerprint density at radius 2 is 1.88 bits per heavy atom. The standard InChI is InChI=1S/C11H11FO4/c12-9-3-1-8(2-4-9)11(7-10(13)14)15-5-6-16-11/h1-4H,5-7H2,(H,13,14). The third-order valence-electron chi connectivity index (χ3n) is 2.42. The van der Waals surface area contributed by atoms with Gasteiger partial charge in [0.25, 0.3) is 0 Å². The first-order valence-electron chi connectivity index (χ1n) is 4.88. The van der Waals surface area contributed by atoms with Crippen LogP contribution in [0.1, 0.15) is 12.0 Å². The van der Waals surface area contributed by atoms with Crippen LogP contribution in [0.5, 0.6) is 0 Å². The third-order valence-corrected chi connectivity index (χ3v) is 2.42. The summed E-state index contributed by atoms with van der Waals surface area (Å²) in [7, 11) is 0. The van der Waals surface area contributed by atoms with E-state index in [1.165, 1.54) is 24.3 Å². The van der Waals surface area contributed by atoms with Crippen molar-refractivity contribution in [2.45, 2.75) is 12.2 Å². The Balaban J connectivity index is 2.31. The van der Waals surface area contributed by atoms with Gasteiger partial charge < -0.3 is 14.6 Å². The molecule has 0 radical (unpaired) electrons. The maximum atomic E-state index is 12.8. The van der Waals surface area contributed by atoms with Crippen LogP contribution < -0.4 is 0 Å². The van der Waals surface area contributed by atoms with E-state index < -0.39 is 11.8 Å². The average molecular weight is 226 g/mol. The number of benzene rings is 1. The summed E-state index contributed by atoms with van der Waals surface area (Å²) in [6.45, 7) is 0.676. The van der Waals surface area contributed by atoms with Gasteiger partial charge in [-0.05, 0) is 12.1 Å². The largest absolute Gasteiger partial charge is 0.481 e. The molecule has 1 aromatic carbocycles. The number of hydrogen-bond donors (Lipinski definition) is 1. The second kappa shape index (κ2) is 4.19. The van der Waals surface area contributed by atoms with Crippen molar-refractivity contribution < 1.29 is 23.8 Å². The van der Waals surface area contributed by atoms with Crippen LogP contribution in [0.3, 0.4) is 0 Å². The van der Waals surface area contributed by atoms with Crippen molar-refractivity contribution in [2.24, 2.45) is 0 Å². The van der Waals surface area contributed by atoms with Crippen LogP contribution in [0.4, 0.5) is 4.39 Å². The zero-order chi connectivity index (χ0) is 11.6. The Hall–Kier alpha value is -1.46. The fourth-order valence-corrected chi connectivity index (χ4v) is 1.73. The van der Waals surface area contributed by atoms with E-state index in [1.807, 2.05) is 0 Å². The average Bonchev–Trinajstić information content (AvgIpc) is 2.67. The topological polar surface area (TPSA) is 55.8 Å². The third kappa shape index (κ3) is 2.05. The molecule has 1 aliphatic heterocycles. The minimum Gasteiger partial charge on any atom is -0.481 e. The van der Waals surface area contributed by atoms with E-state index in [1.54, 1.807) is 0 Å². The van der Waals surface area contributed by atoms with Crippen LogP contribution in [-0.2, 0) is 20.1 Å². The summed E-state index contributed by atoms with van der Waals surface area (Å²) in [5.41, 5.74) is 0.522. The summed E-state index contributed by atoms with van der Waals surface area (Å²) in [6, 6.07) is 5.46. The van der Waals surface area contributed by atoms with Crippen LogP contribution in [0, 0.1) is 5.82 Å². The van der Waals surface area contributed by atoms with E-state index in [4.69, 9.17) is 14.6 Å². The summed E-state index contributed by atoms with van der Waals surface area (Å²) in [5.74, 6) is -2.67. The molecule has 5 heteroatoms. The lowest BCUT2D eigenvalue weighted by atomic mass is 10.0. The Kier molecular flexibility index (Phi) is 2.89. The van der Waals surface area contributed by atoms with Crippen molar-refractivity contribution in [2.75, 3.05) is 13.2 Å². The molecule has 2 rings (SSSR count). The van der Waals surface area contributed by atoms with Gasteiger partial charge in [0.15, 0.2) is 0 Å². The number of halogens is 1. The lowest BCUT2D eigenvalue weighted by Gasteiger charge is -2.25. The van der Waals surface area contributed by atoms with Crippen molar-refractivity contribution in [3.8, 4) is 0 Å². The van der Waals surface area contributed by atoms with E-state index in [-0.39, 0.29) is 12.2 Å². The fraction of sp³-hybridized carbons (Fsp3) is 0.364. The molecule has 0 aliphatic carbocycles. The van der Waals surface area contributed by atoms with Gasteiger partial charge in [-0.25, -0.2) is 4.39 Å². The number of ether oxygens (including phenoxy) is 2. The highest BCUT2D eigenvalue weighted by molar-refractivity contribution is 5.68. The lowest BCUT2D eigenvalue weighted by Crippen LogP contribution is -2.30. The normalized spacial score (nSPS) is 18.6. The highest BCUT2D eigenvalue weighted by Gasteiger charge is 2.40. The summed E-state index contributed by atoms with van der Waals surface area (Å²) in [6.07, 6.45) is -0.293. The molecule has 1 heterocycles. The molecule has 86 valence electrons. The highest BCUT2D eigenvalue weighted by atomic mass is 19.1. The van der Waals surface area contributed by atoms with Crippen LogP contribution in [0.15, 0.2) is 24.3 Å². The predicted octanol–water partition coefficient (Wildman–Crippen LogP) is 1.50. The van der Waals surface area contributed by atoms with E-state index >= 15 is 0 Å². The molecule has 0 saturated carbocycles. The Labute approximate surface area is 91.6 Å². The molecule has 1 aromatic rings. The second-order valence-corrected chi connectivity index (χ2v) is 3.53. The van der Waals surface area contributed by atoms with Crippen molar-refractivity contribution in [3.05, 3.63) is 35.6 Å².